The van der Waals surface area contributed by atoms with Crippen molar-refractivity contribution >= 4 is 27.6 Å². The molecule has 0 bridgehead atoms. The van der Waals surface area contributed by atoms with Crippen molar-refractivity contribution < 1.29 is 4.42 Å². The number of imidazole rings is 1. The normalized spacial score (nSPS) is 11.5. The predicted octanol–water partition coefficient (Wildman–Crippen LogP) is 3.80. The molecule has 30 heavy (non-hydrogen) atoms. The maximum Gasteiger partial charge on any atom is 0.159 e. The lowest BCUT2D eigenvalue weighted by Gasteiger charge is -2.02. The Bertz CT molecular complexity index is 1510. The summed E-state index contributed by atoms with van der Waals surface area (Å²) in [6, 6.07) is 5.67. The number of H-pyrrole nitrogens is 2. The summed E-state index contributed by atoms with van der Waals surface area (Å²) in [6.45, 7) is 0. The number of nitrogen functional groups attached to an aromatic ring is 1. The number of hydrogen-bond acceptors (Lipinski definition) is 7. The number of aromatic nitrogens is 7. The van der Waals surface area contributed by atoms with E-state index in [1.165, 1.54) is 0 Å². The van der Waals surface area contributed by atoms with Crippen LogP contribution in [0.15, 0.2) is 66.1 Å². The van der Waals surface area contributed by atoms with Crippen molar-refractivity contribution in [2.24, 2.45) is 0 Å². The van der Waals surface area contributed by atoms with Gasteiger partial charge >= 0.3 is 0 Å². The Morgan fingerprint density at radius 2 is 1.87 bits per heavy atom. The first-order chi connectivity index (χ1) is 14.8. The summed E-state index contributed by atoms with van der Waals surface area (Å²) < 4.78 is 5.21. The highest BCUT2D eigenvalue weighted by molar-refractivity contribution is 5.97. The SMILES string of the molecule is Nc1cncc(-c2cc3c(-c4nc5c(-c6ccoc6)cncc5[nH]4)n[nH]c3cn2)c1. The van der Waals surface area contributed by atoms with E-state index in [0.29, 0.717) is 17.2 Å². The first kappa shape index (κ1) is 16.4. The summed E-state index contributed by atoms with van der Waals surface area (Å²) in [5.74, 6) is 0.636. The molecule has 0 aliphatic heterocycles. The van der Waals surface area contributed by atoms with Gasteiger partial charge < -0.3 is 15.1 Å². The van der Waals surface area contributed by atoms with Gasteiger partial charge in [0.2, 0.25) is 0 Å². The molecule has 0 aliphatic carbocycles. The number of aromatic amines is 2. The van der Waals surface area contributed by atoms with Gasteiger partial charge in [-0.05, 0) is 18.2 Å². The van der Waals surface area contributed by atoms with Crippen LogP contribution in [0, 0.1) is 0 Å². The van der Waals surface area contributed by atoms with E-state index in [2.05, 4.69) is 30.1 Å². The average molecular weight is 394 g/mol. The summed E-state index contributed by atoms with van der Waals surface area (Å²) in [5.41, 5.74) is 13.0. The lowest BCUT2D eigenvalue weighted by atomic mass is 10.1. The molecule has 0 atom stereocenters. The minimum atomic E-state index is 0.582. The maximum atomic E-state index is 5.87. The van der Waals surface area contributed by atoms with Crippen molar-refractivity contribution in [2.75, 3.05) is 5.73 Å². The highest BCUT2D eigenvalue weighted by atomic mass is 16.3. The number of fused-ring (bicyclic) bond motifs is 2. The summed E-state index contributed by atoms with van der Waals surface area (Å²) in [5, 5.41) is 8.38. The Morgan fingerprint density at radius 1 is 0.933 bits per heavy atom. The zero-order chi connectivity index (χ0) is 20.1. The Kier molecular flexibility index (Phi) is 3.42. The van der Waals surface area contributed by atoms with Gasteiger partial charge in [0.1, 0.15) is 11.2 Å². The molecule has 6 aromatic heterocycles. The third-order valence-electron chi connectivity index (χ3n) is 4.95. The number of rotatable bonds is 3. The minimum absolute atomic E-state index is 0.582. The largest absolute Gasteiger partial charge is 0.472 e. The summed E-state index contributed by atoms with van der Waals surface area (Å²) in [6.07, 6.45) is 11.9. The van der Waals surface area contributed by atoms with E-state index in [4.69, 9.17) is 15.1 Å². The molecule has 0 aliphatic rings. The molecular formula is C21H14N8O. The Labute approximate surface area is 169 Å². The molecule has 0 spiro atoms. The smallest absolute Gasteiger partial charge is 0.159 e. The van der Waals surface area contributed by atoms with E-state index < -0.39 is 0 Å². The second-order valence-electron chi connectivity index (χ2n) is 6.87. The number of furan rings is 1. The number of pyridine rings is 3. The van der Waals surface area contributed by atoms with Gasteiger partial charge in [-0.3, -0.25) is 20.1 Å². The van der Waals surface area contributed by atoms with E-state index in [1.54, 1.807) is 43.5 Å². The van der Waals surface area contributed by atoms with E-state index in [1.807, 2.05) is 18.2 Å². The Balaban J connectivity index is 1.52. The van der Waals surface area contributed by atoms with Crippen molar-refractivity contribution in [2.45, 2.75) is 0 Å². The molecule has 6 heterocycles. The number of nitrogens with one attached hydrogen (secondary N) is 2. The highest BCUT2D eigenvalue weighted by Crippen LogP contribution is 2.32. The van der Waals surface area contributed by atoms with Gasteiger partial charge in [0.25, 0.3) is 0 Å². The van der Waals surface area contributed by atoms with Crippen LogP contribution in [-0.4, -0.2) is 35.1 Å². The molecular weight excluding hydrogens is 380 g/mol. The summed E-state index contributed by atoms with van der Waals surface area (Å²) >= 11 is 0. The zero-order valence-corrected chi connectivity index (χ0v) is 15.5. The first-order valence-corrected chi connectivity index (χ1v) is 9.18. The molecule has 6 rings (SSSR count). The maximum absolute atomic E-state index is 5.87. The third-order valence-corrected chi connectivity index (χ3v) is 4.95. The molecule has 0 saturated carbocycles. The van der Waals surface area contributed by atoms with E-state index >= 15 is 0 Å². The van der Waals surface area contributed by atoms with Crippen LogP contribution in [0.1, 0.15) is 0 Å². The van der Waals surface area contributed by atoms with Crippen molar-refractivity contribution in [1.29, 1.82) is 0 Å². The fourth-order valence-electron chi connectivity index (χ4n) is 3.53. The lowest BCUT2D eigenvalue weighted by Crippen LogP contribution is -1.90. The van der Waals surface area contributed by atoms with Crippen LogP contribution < -0.4 is 5.73 Å². The van der Waals surface area contributed by atoms with Crippen molar-refractivity contribution in [3.63, 3.8) is 0 Å². The second kappa shape index (κ2) is 6.24. The minimum Gasteiger partial charge on any atom is -0.472 e. The number of nitrogens with two attached hydrogens (primary N) is 1. The lowest BCUT2D eigenvalue weighted by molar-refractivity contribution is 0.568. The van der Waals surface area contributed by atoms with E-state index in [9.17, 15) is 0 Å². The molecule has 9 nitrogen and oxygen atoms in total. The molecule has 0 fully saturated rings. The van der Waals surface area contributed by atoms with Crippen LogP contribution in [0.4, 0.5) is 5.69 Å². The topological polar surface area (TPSA) is 135 Å². The van der Waals surface area contributed by atoms with Gasteiger partial charge in [-0.15, -0.1) is 0 Å². The summed E-state index contributed by atoms with van der Waals surface area (Å²) in [4.78, 5) is 21.1. The highest BCUT2D eigenvalue weighted by Gasteiger charge is 2.17. The Hall–Kier alpha value is -4.53. The monoisotopic (exact) mass is 394 g/mol. The van der Waals surface area contributed by atoms with Gasteiger partial charge in [0.15, 0.2) is 5.82 Å². The van der Waals surface area contributed by atoms with Crippen LogP contribution in [-0.2, 0) is 0 Å². The fraction of sp³-hybridized carbons (Fsp3) is 0. The average Bonchev–Trinajstić information content (AvgIpc) is 3.51. The molecule has 6 aromatic rings. The van der Waals surface area contributed by atoms with Crippen molar-refractivity contribution in [1.82, 2.24) is 35.1 Å². The van der Waals surface area contributed by atoms with Crippen LogP contribution >= 0.6 is 0 Å². The molecule has 0 aromatic carbocycles. The van der Waals surface area contributed by atoms with Gasteiger partial charge in [-0.2, -0.15) is 5.10 Å². The van der Waals surface area contributed by atoms with Crippen molar-refractivity contribution in [3.8, 4) is 33.9 Å². The molecule has 144 valence electrons. The molecule has 0 amide bonds. The molecule has 0 radical (unpaired) electrons. The first-order valence-electron chi connectivity index (χ1n) is 9.18. The van der Waals surface area contributed by atoms with Gasteiger partial charge in [-0.1, -0.05) is 0 Å². The predicted molar refractivity (Wildman–Crippen MR) is 112 cm³/mol. The van der Waals surface area contributed by atoms with E-state index in [-0.39, 0.29) is 0 Å². The van der Waals surface area contributed by atoms with Gasteiger partial charge in [0, 0.05) is 40.7 Å². The zero-order valence-electron chi connectivity index (χ0n) is 15.5. The summed E-state index contributed by atoms with van der Waals surface area (Å²) in [7, 11) is 0. The number of anilines is 1. The molecule has 0 unspecified atom stereocenters. The number of hydrogen-bond donors (Lipinski definition) is 3. The second-order valence-corrected chi connectivity index (χ2v) is 6.87. The molecule has 4 N–H and O–H groups in total. The third kappa shape index (κ3) is 2.53. The van der Waals surface area contributed by atoms with E-state index in [0.717, 1.165) is 44.3 Å². The van der Waals surface area contributed by atoms with Crippen LogP contribution in [0.5, 0.6) is 0 Å². The van der Waals surface area contributed by atoms with Gasteiger partial charge in [0.05, 0.1) is 47.3 Å². The van der Waals surface area contributed by atoms with Crippen LogP contribution in [0.25, 0.3) is 55.8 Å². The quantitative estimate of drug-likeness (QED) is 0.415. The van der Waals surface area contributed by atoms with Crippen LogP contribution in [0.3, 0.4) is 0 Å². The van der Waals surface area contributed by atoms with Gasteiger partial charge in [-0.25, -0.2) is 4.98 Å². The molecule has 9 heteroatoms. The fourth-order valence-corrected chi connectivity index (χ4v) is 3.53. The molecule has 0 saturated heterocycles. The van der Waals surface area contributed by atoms with Crippen molar-refractivity contribution in [3.05, 3.63) is 61.7 Å². The Morgan fingerprint density at radius 3 is 2.73 bits per heavy atom. The standard InChI is InChI=1S/C21H14N8O/c22-13-3-12(5-23-6-13)16-4-14-17(9-25-16)28-29-20(14)21-26-18-8-24-7-15(19(18)27-21)11-1-2-30-10-11/h1-10H,22H2,(H,26,27)(H,28,29). The number of nitrogens with zero attached hydrogens (tertiary/aromatic N) is 5. The van der Waals surface area contributed by atoms with Crippen LogP contribution in [0.2, 0.25) is 0 Å².